The lowest BCUT2D eigenvalue weighted by Gasteiger charge is -2.18. The minimum absolute atomic E-state index is 0.106. The number of imidazole rings is 1. The topological polar surface area (TPSA) is 84.2 Å². The highest BCUT2D eigenvalue weighted by Crippen LogP contribution is 2.15. The molecular formula is C25H29N3O3S. The molecule has 7 heteroatoms. The maximum Gasteiger partial charge on any atom is 0.335 e. The number of benzene rings is 2. The number of carboxylic acid groups (broad SMARTS) is 1. The van der Waals surface area contributed by atoms with Crippen LogP contribution < -0.4 is 5.32 Å². The van der Waals surface area contributed by atoms with Gasteiger partial charge in [-0.1, -0.05) is 55.8 Å². The van der Waals surface area contributed by atoms with E-state index in [-0.39, 0.29) is 17.5 Å². The minimum Gasteiger partial charge on any atom is -0.478 e. The summed E-state index contributed by atoms with van der Waals surface area (Å²) in [7, 11) is 0. The fraction of sp³-hybridized carbons (Fsp3) is 0.320. The summed E-state index contributed by atoms with van der Waals surface area (Å²) in [6.07, 6.45) is 5.11. The third-order valence-corrected chi connectivity index (χ3v) is 5.79. The molecule has 0 radical (unpaired) electrons. The lowest BCUT2D eigenvalue weighted by atomic mass is 10.1. The normalized spacial score (nSPS) is 11.8. The summed E-state index contributed by atoms with van der Waals surface area (Å²) in [5.41, 5.74) is 2.79. The van der Waals surface area contributed by atoms with E-state index < -0.39 is 5.97 Å². The van der Waals surface area contributed by atoms with E-state index in [1.807, 2.05) is 34.9 Å². The molecule has 0 saturated carbocycles. The largest absolute Gasteiger partial charge is 0.478 e. The Bertz CT molecular complexity index is 1030. The van der Waals surface area contributed by atoms with Gasteiger partial charge in [-0.2, -0.15) is 12.6 Å². The van der Waals surface area contributed by atoms with E-state index in [0.29, 0.717) is 24.4 Å². The molecule has 32 heavy (non-hydrogen) atoms. The Kier molecular flexibility index (Phi) is 8.50. The molecule has 0 aliphatic carbocycles. The number of hydrogen-bond acceptors (Lipinski definition) is 4. The first-order chi connectivity index (χ1) is 15.5. The Labute approximate surface area is 194 Å². The van der Waals surface area contributed by atoms with Crippen LogP contribution in [0.4, 0.5) is 0 Å². The minimum atomic E-state index is -0.959. The summed E-state index contributed by atoms with van der Waals surface area (Å²) in [5.74, 6) is 0.231. The van der Waals surface area contributed by atoms with Crippen molar-refractivity contribution in [3.8, 4) is 0 Å². The number of aromatic nitrogens is 2. The molecule has 1 amide bonds. The fourth-order valence-corrected chi connectivity index (χ4v) is 3.78. The summed E-state index contributed by atoms with van der Waals surface area (Å²) >= 11 is 4.43. The standard InChI is InChI=1S/C25H29N3O3S/c1-2-3-9-23-26-15-22(28(23)16-19-10-12-20(13-11-19)25(30)31)24(29)27-21(17-32)14-18-7-5-4-6-8-18/h4-8,10-13,15,21,32H,2-3,9,14,16-17H2,1H3,(H,27,29)(H,30,31). The molecule has 0 fully saturated rings. The van der Waals surface area contributed by atoms with E-state index in [1.54, 1.807) is 30.5 Å². The van der Waals surface area contributed by atoms with Crippen LogP contribution >= 0.6 is 12.6 Å². The smallest absolute Gasteiger partial charge is 0.335 e. The van der Waals surface area contributed by atoms with Crippen molar-refractivity contribution < 1.29 is 14.7 Å². The Morgan fingerprint density at radius 1 is 1.09 bits per heavy atom. The second-order valence-electron chi connectivity index (χ2n) is 7.79. The lowest BCUT2D eigenvalue weighted by molar-refractivity contribution is 0.0696. The van der Waals surface area contributed by atoms with Gasteiger partial charge in [-0.3, -0.25) is 4.79 Å². The Morgan fingerprint density at radius 3 is 2.44 bits per heavy atom. The number of aryl methyl sites for hydroxylation is 1. The summed E-state index contributed by atoms with van der Waals surface area (Å²) < 4.78 is 1.93. The number of amides is 1. The van der Waals surface area contributed by atoms with Crippen LogP contribution in [0.15, 0.2) is 60.8 Å². The summed E-state index contributed by atoms with van der Waals surface area (Å²) in [6, 6.07) is 16.6. The van der Waals surface area contributed by atoms with Crippen molar-refractivity contribution in [3.05, 3.63) is 89.0 Å². The van der Waals surface area contributed by atoms with Crippen molar-refractivity contribution in [2.45, 2.75) is 45.2 Å². The number of carboxylic acids is 1. The van der Waals surface area contributed by atoms with Crippen LogP contribution in [0, 0.1) is 0 Å². The number of nitrogens with zero attached hydrogens (tertiary/aromatic N) is 2. The number of aromatic carboxylic acids is 1. The van der Waals surface area contributed by atoms with E-state index in [9.17, 15) is 9.59 Å². The molecule has 0 aliphatic rings. The van der Waals surface area contributed by atoms with Gasteiger partial charge in [0.2, 0.25) is 0 Å². The summed E-state index contributed by atoms with van der Waals surface area (Å²) in [5, 5.41) is 12.2. The van der Waals surface area contributed by atoms with Crippen molar-refractivity contribution >= 4 is 24.5 Å². The predicted octanol–water partition coefficient (Wildman–Crippen LogP) is 4.24. The quantitative estimate of drug-likeness (QED) is 0.381. The molecule has 1 atom stereocenters. The number of carbonyl (C=O) groups is 2. The molecule has 0 aliphatic heterocycles. The van der Waals surface area contributed by atoms with Gasteiger partial charge >= 0.3 is 5.97 Å². The van der Waals surface area contributed by atoms with Crippen molar-refractivity contribution in [1.29, 1.82) is 0 Å². The van der Waals surface area contributed by atoms with E-state index in [0.717, 1.165) is 36.2 Å². The number of rotatable bonds is 11. The zero-order valence-electron chi connectivity index (χ0n) is 18.2. The maximum absolute atomic E-state index is 13.2. The van der Waals surface area contributed by atoms with Gasteiger partial charge in [0, 0.05) is 24.8 Å². The van der Waals surface area contributed by atoms with E-state index in [2.05, 4.69) is 29.9 Å². The Morgan fingerprint density at radius 2 is 1.81 bits per heavy atom. The van der Waals surface area contributed by atoms with Gasteiger partial charge in [-0.25, -0.2) is 9.78 Å². The highest BCUT2D eigenvalue weighted by Gasteiger charge is 2.20. The number of carbonyl (C=O) groups excluding carboxylic acids is 1. The molecule has 1 unspecified atom stereocenters. The van der Waals surface area contributed by atoms with Gasteiger partial charge in [-0.15, -0.1) is 0 Å². The SMILES string of the molecule is CCCCc1ncc(C(=O)NC(CS)Cc2ccccc2)n1Cc1ccc(C(=O)O)cc1. The average Bonchev–Trinajstić information content (AvgIpc) is 3.20. The molecule has 0 saturated heterocycles. The zero-order valence-corrected chi connectivity index (χ0v) is 19.1. The molecule has 3 rings (SSSR count). The molecule has 2 aromatic carbocycles. The van der Waals surface area contributed by atoms with Gasteiger partial charge < -0.3 is 15.0 Å². The molecule has 0 spiro atoms. The van der Waals surface area contributed by atoms with E-state index in [1.165, 1.54) is 0 Å². The van der Waals surface area contributed by atoms with Crippen LogP contribution in [-0.4, -0.2) is 38.3 Å². The van der Waals surface area contributed by atoms with Crippen molar-refractivity contribution in [2.24, 2.45) is 0 Å². The van der Waals surface area contributed by atoms with Crippen LogP contribution in [0.5, 0.6) is 0 Å². The van der Waals surface area contributed by atoms with Crippen molar-refractivity contribution in [1.82, 2.24) is 14.9 Å². The first-order valence-corrected chi connectivity index (χ1v) is 11.5. The molecule has 3 aromatic rings. The fourth-order valence-electron chi connectivity index (χ4n) is 3.56. The Hall–Kier alpha value is -3.06. The summed E-state index contributed by atoms with van der Waals surface area (Å²) in [4.78, 5) is 28.8. The lowest BCUT2D eigenvalue weighted by Crippen LogP contribution is -2.39. The maximum atomic E-state index is 13.2. The number of nitrogens with one attached hydrogen (secondary N) is 1. The van der Waals surface area contributed by atoms with Crippen LogP contribution in [-0.2, 0) is 19.4 Å². The van der Waals surface area contributed by atoms with Crippen LogP contribution in [0.1, 0.15) is 57.6 Å². The summed E-state index contributed by atoms with van der Waals surface area (Å²) in [6.45, 7) is 2.57. The van der Waals surface area contributed by atoms with Crippen molar-refractivity contribution in [3.63, 3.8) is 0 Å². The molecule has 1 aromatic heterocycles. The van der Waals surface area contributed by atoms with Gasteiger partial charge in [0.05, 0.1) is 11.8 Å². The monoisotopic (exact) mass is 451 g/mol. The molecule has 6 nitrogen and oxygen atoms in total. The second-order valence-corrected chi connectivity index (χ2v) is 8.16. The average molecular weight is 452 g/mol. The highest BCUT2D eigenvalue weighted by molar-refractivity contribution is 7.80. The van der Waals surface area contributed by atoms with Crippen LogP contribution in [0.3, 0.4) is 0 Å². The second kappa shape index (κ2) is 11.5. The molecule has 1 heterocycles. The third kappa shape index (κ3) is 6.23. The predicted molar refractivity (Wildman–Crippen MR) is 129 cm³/mol. The van der Waals surface area contributed by atoms with Crippen LogP contribution in [0.2, 0.25) is 0 Å². The van der Waals surface area contributed by atoms with Gasteiger partial charge in [0.25, 0.3) is 5.91 Å². The first-order valence-electron chi connectivity index (χ1n) is 10.8. The zero-order chi connectivity index (χ0) is 22.9. The van der Waals surface area contributed by atoms with Gasteiger partial charge in [0.15, 0.2) is 0 Å². The third-order valence-electron chi connectivity index (χ3n) is 5.35. The van der Waals surface area contributed by atoms with E-state index in [4.69, 9.17) is 5.11 Å². The van der Waals surface area contributed by atoms with Crippen molar-refractivity contribution in [2.75, 3.05) is 5.75 Å². The highest BCUT2D eigenvalue weighted by atomic mass is 32.1. The van der Waals surface area contributed by atoms with Crippen LogP contribution in [0.25, 0.3) is 0 Å². The first kappa shape index (κ1) is 23.6. The molecule has 0 bridgehead atoms. The molecular weight excluding hydrogens is 422 g/mol. The molecule has 168 valence electrons. The number of hydrogen-bond donors (Lipinski definition) is 3. The number of thiol groups is 1. The number of unbranched alkanes of at least 4 members (excludes halogenated alkanes) is 1. The van der Waals surface area contributed by atoms with E-state index >= 15 is 0 Å². The Balaban J connectivity index is 1.80. The molecule has 2 N–H and O–H groups in total. The van der Waals surface area contributed by atoms with Gasteiger partial charge in [-0.05, 0) is 36.1 Å². The van der Waals surface area contributed by atoms with Gasteiger partial charge in [0.1, 0.15) is 11.5 Å².